The standard InChI is InChI=1S/C21H21NO5/c23-16-5-1-3-14-20(16)19(21-15(22-14)4-2-6-17(21)24)12-7-9-13(10-8-12)27-11-18(25)26/h7-10,19,22H,1-6,11H2,(H,25,26). The van der Waals surface area contributed by atoms with E-state index >= 15 is 0 Å². The smallest absolute Gasteiger partial charge is 0.341 e. The minimum absolute atomic E-state index is 0.102. The molecule has 2 N–H and O–H groups in total. The van der Waals surface area contributed by atoms with Gasteiger partial charge >= 0.3 is 5.97 Å². The number of carboxylic acids is 1. The van der Waals surface area contributed by atoms with Gasteiger partial charge in [-0.3, -0.25) is 9.59 Å². The van der Waals surface area contributed by atoms with Gasteiger partial charge in [0.05, 0.1) is 0 Å². The van der Waals surface area contributed by atoms with Crippen molar-refractivity contribution >= 4 is 17.5 Å². The number of carboxylic acid groups (broad SMARTS) is 1. The average Bonchev–Trinajstić information content (AvgIpc) is 2.66. The molecule has 4 rings (SSSR count). The molecule has 6 nitrogen and oxygen atoms in total. The highest BCUT2D eigenvalue weighted by Gasteiger charge is 2.40. The second-order valence-corrected chi connectivity index (χ2v) is 7.15. The molecule has 3 aliphatic rings. The zero-order valence-electron chi connectivity index (χ0n) is 14.9. The molecule has 0 bridgehead atoms. The Morgan fingerprint density at radius 3 is 2.04 bits per heavy atom. The van der Waals surface area contributed by atoms with Crippen LogP contribution in [0.3, 0.4) is 0 Å². The van der Waals surface area contributed by atoms with Gasteiger partial charge in [0.2, 0.25) is 0 Å². The lowest BCUT2D eigenvalue weighted by atomic mass is 9.71. The molecular formula is C21H21NO5. The van der Waals surface area contributed by atoms with E-state index in [1.165, 1.54) is 0 Å². The molecule has 0 saturated heterocycles. The summed E-state index contributed by atoms with van der Waals surface area (Å²) in [6.07, 6.45) is 4.32. The number of Topliss-reactive ketones (excluding diaryl/α,β-unsaturated/α-hetero) is 2. The van der Waals surface area contributed by atoms with Crippen LogP contribution in [-0.2, 0) is 14.4 Å². The molecule has 0 radical (unpaired) electrons. The van der Waals surface area contributed by atoms with Gasteiger partial charge in [0.1, 0.15) is 5.75 Å². The monoisotopic (exact) mass is 367 g/mol. The zero-order chi connectivity index (χ0) is 19.0. The van der Waals surface area contributed by atoms with Crippen LogP contribution in [0.4, 0.5) is 0 Å². The summed E-state index contributed by atoms with van der Waals surface area (Å²) in [5.74, 6) is -0.730. The molecule has 27 heavy (non-hydrogen) atoms. The molecule has 1 aromatic carbocycles. The summed E-state index contributed by atoms with van der Waals surface area (Å²) in [6.45, 7) is -0.408. The van der Waals surface area contributed by atoms with Gasteiger partial charge in [-0.05, 0) is 43.4 Å². The number of aliphatic carboxylic acids is 1. The highest BCUT2D eigenvalue weighted by molar-refractivity contribution is 6.06. The van der Waals surface area contributed by atoms with Crippen molar-refractivity contribution in [2.75, 3.05) is 6.61 Å². The lowest BCUT2D eigenvalue weighted by Gasteiger charge is -2.37. The minimum atomic E-state index is -1.04. The Kier molecular flexibility index (Phi) is 4.56. The third-order valence-corrected chi connectivity index (χ3v) is 5.37. The average molecular weight is 367 g/mol. The zero-order valence-corrected chi connectivity index (χ0v) is 14.9. The Hall–Kier alpha value is -2.89. The second kappa shape index (κ2) is 7.02. The van der Waals surface area contributed by atoms with Crippen LogP contribution < -0.4 is 10.1 Å². The topological polar surface area (TPSA) is 92.7 Å². The normalized spacial score (nSPS) is 20.1. The SMILES string of the molecule is O=C(O)COc1ccc(C2C3=C(CCCC3=O)NC3=C2C(=O)CCC3)cc1. The van der Waals surface area contributed by atoms with Gasteiger partial charge in [-0.15, -0.1) is 0 Å². The number of rotatable bonds is 4. The van der Waals surface area contributed by atoms with Crippen LogP contribution in [0.15, 0.2) is 46.8 Å². The van der Waals surface area contributed by atoms with Crippen LogP contribution in [0, 0.1) is 0 Å². The number of carbonyl (C=O) groups is 3. The quantitative estimate of drug-likeness (QED) is 0.850. The van der Waals surface area contributed by atoms with Gasteiger partial charge in [-0.2, -0.15) is 0 Å². The number of allylic oxidation sites excluding steroid dienone is 4. The summed E-state index contributed by atoms with van der Waals surface area (Å²) in [5, 5.41) is 12.1. The van der Waals surface area contributed by atoms with E-state index in [9.17, 15) is 14.4 Å². The summed E-state index contributed by atoms with van der Waals surface area (Å²) in [4.78, 5) is 36.1. The third kappa shape index (κ3) is 3.27. The van der Waals surface area contributed by atoms with Gasteiger partial charge in [-0.1, -0.05) is 12.1 Å². The first-order chi connectivity index (χ1) is 13.0. The second-order valence-electron chi connectivity index (χ2n) is 7.15. The Morgan fingerprint density at radius 2 is 1.52 bits per heavy atom. The summed E-state index contributed by atoms with van der Waals surface area (Å²) in [5.41, 5.74) is 4.21. The molecule has 1 aromatic rings. The minimum Gasteiger partial charge on any atom is -0.482 e. The maximum absolute atomic E-state index is 12.7. The van der Waals surface area contributed by atoms with E-state index in [1.54, 1.807) is 12.1 Å². The van der Waals surface area contributed by atoms with E-state index in [-0.39, 0.29) is 17.5 Å². The molecule has 140 valence electrons. The van der Waals surface area contributed by atoms with Crippen LogP contribution >= 0.6 is 0 Å². The van der Waals surface area contributed by atoms with Crippen LogP contribution in [0.5, 0.6) is 5.75 Å². The molecule has 0 spiro atoms. The molecule has 1 heterocycles. The molecule has 0 amide bonds. The van der Waals surface area contributed by atoms with Crippen molar-refractivity contribution in [2.45, 2.75) is 44.4 Å². The van der Waals surface area contributed by atoms with Gasteiger partial charge in [0.15, 0.2) is 18.2 Å². The van der Waals surface area contributed by atoms with Crippen molar-refractivity contribution in [1.29, 1.82) is 0 Å². The molecule has 0 fully saturated rings. The number of benzene rings is 1. The van der Waals surface area contributed by atoms with Crippen molar-refractivity contribution < 1.29 is 24.2 Å². The van der Waals surface area contributed by atoms with Gasteiger partial charge in [0, 0.05) is 41.3 Å². The van der Waals surface area contributed by atoms with E-state index < -0.39 is 12.6 Å². The van der Waals surface area contributed by atoms with E-state index in [0.717, 1.165) is 53.8 Å². The van der Waals surface area contributed by atoms with Crippen molar-refractivity contribution in [3.8, 4) is 5.75 Å². The van der Waals surface area contributed by atoms with E-state index in [0.29, 0.717) is 18.6 Å². The third-order valence-electron chi connectivity index (χ3n) is 5.37. The predicted octanol–water partition coefficient (Wildman–Crippen LogP) is 2.85. The molecular weight excluding hydrogens is 346 g/mol. The van der Waals surface area contributed by atoms with E-state index in [2.05, 4.69) is 5.32 Å². The van der Waals surface area contributed by atoms with Crippen molar-refractivity contribution in [2.24, 2.45) is 0 Å². The Bertz CT molecular complexity index is 836. The van der Waals surface area contributed by atoms with Crippen LogP contribution in [0.25, 0.3) is 0 Å². The Balaban J connectivity index is 1.74. The summed E-state index contributed by atoms with van der Waals surface area (Å²) < 4.78 is 5.20. The van der Waals surface area contributed by atoms with E-state index in [1.807, 2.05) is 12.1 Å². The maximum Gasteiger partial charge on any atom is 0.341 e. The molecule has 1 aliphatic heterocycles. The molecule has 0 atom stereocenters. The number of dihydropyridines is 1. The lowest BCUT2D eigenvalue weighted by molar-refractivity contribution is -0.139. The first-order valence-electron chi connectivity index (χ1n) is 9.28. The number of carbonyl (C=O) groups excluding carboxylic acids is 2. The largest absolute Gasteiger partial charge is 0.482 e. The first-order valence-corrected chi connectivity index (χ1v) is 9.28. The van der Waals surface area contributed by atoms with Crippen molar-refractivity contribution in [1.82, 2.24) is 5.32 Å². The first kappa shape index (κ1) is 17.5. The fraction of sp³-hybridized carbons (Fsp3) is 0.381. The van der Waals surface area contributed by atoms with Gasteiger partial charge < -0.3 is 15.2 Å². The molecule has 6 heteroatoms. The summed E-state index contributed by atoms with van der Waals surface area (Å²) in [7, 11) is 0. The molecule has 0 unspecified atom stereocenters. The van der Waals surface area contributed by atoms with E-state index in [4.69, 9.17) is 9.84 Å². The predicted molar refractivity (Wildman–Crippen MR) is 97.2 cm³/mol. The Morgan fingerprint density at radius 1 is 0.963 bits per heavy atom. The lowest BCUT2D eigenvalue weighted by Crippen LogP contribution is -2.36. The molecule has 0 aromatic heterocycles. The Labute approximate surface area is 156 Å². The van der Waals surface area contributed by atoms with Crippen LogP contribution in [0.2, 0.25) is 0 Å². The number of ether oxygens (including phenoxy) is 1. The molecule has 0 saturated carbocycles. The highest BCUT2D eigenvalue weighted by atomic mass is 16.5. The van der Waals surface area contributed by atoms with Gasteiger partial charge in [-0.25, -0.2) is 4.79 Å². The molecule has 2 aliphatic carbocycles. The number of hydrogen-bond donors (Lipinski definition) is 2. The number of nitrogens with one attached hydrogen (secondary N) is 1. The highest BCUT2D eigenvalue weighted by Crippen LogP contribution is 2.45. The van der Waals surface area contributed by atoms with Crippen LogP contribution in [0.1, 0.15) is 50.0 Å². The fourth-order valence-electron chi connectivity index (χ4n) is 4.22. The number of ketones is 2. The maximum atomic E-state index is 12.7. The van der Waals surface area contributed by atoms with Gasteiger partial charge in [0.25, 0.3) is 0 Å². The fourth-order valence-corrected chi connectivity index (χ4v) is 4.22. The van der Waals surface area contributed by atoms with Crippen molar-refractivity contribution in [3.63, 3.8) is 0 Å². The summed E-state index contributed by atoms with van der Waals surface area (Å²) in [6, 6.07) is 7.04. The number of hydrogen-bond acceptors (Lipinski definition) is 5. The van der Waals surface area contributed by atoms with Crippen molar-refractivity contribution in [3.05, 3.63) is 52.4 Å². The van der Waals surface area contributed by atoms with Crippen LogP contribution in [-0.4, -0.2) is 29.2 Å². The summed E-state index contributed by atoms with van der Waals surface area (Å²) >= 11 is 0.